The van der Waals surface area contributed by atoms with Crippen LogP contribution in [0.25, 0.3) is 16.7 Å². The fraction of sp³-hybridized carbons (Fsp3) is 0.190. The average molecular weight is 450 g/mol. The molecule has 0 radical (unpaired) electrons. The van der Waals surface area contributed by atoms with E-state index in [4.69, 9.17) is 0 Å². The molecule has 0 aliphatic heterocycles. The molecule has 0 amide bonds. The number of anilines is 2. The lowest BCUT2D eigenvalue weighted by Gasteiger charge is -2.09. The van der Waals surface area contributed by atoms with Gasteiger partial charge in [0, 0.05) is 12.2 Å². The largest absolute Gasteiger partial charge is 0.330 e. The van der Waals surface area contributed by atoms with E-state index in [0.29, 0.717) is 23.5 Å². The third kappa shape index (κ3) is 3.68. The van der Waals surface area contributed by atoms with Gasteiger partial charge in [-0.25, -0.2) is 0 Å². The quantitative estimate of drug-likeness (QED) is 0.387. The van der Waals surface area contributed by atoms with E-state index in [1.807, 2.05) is 47.7 Å². The number of fused-ring (bicyclic) bond motifs is 3. The summed E-state index contributed by atoms with van der Waals surface area (Å²) in [5.74, 6) is 1.88. The van der Waals surface area contributed by atoms with Gasteiger partial charge in [0.2, 0.25) is 10.9 Å². The number of nitrogens with zero attached hydrogens (tertiary/aromatic N) is 6. The lowest BCUT2D eigenvalue weighted by atomic mass is 10.2. The van der Waals surface area contributed by atoms with E-state index in [1.165, 1.54) is 16.9 Å². The minimum atomic E-state index is -0.0480. The number of aryl methyl sites for hydroxylation is 2. The van der Waals surface area contributed by atoms with Crippen LogP contribution in [0.1, 0.15) is 18.3 Å². The fourth-order valence-electron chi connectivity index (χ4n) is 3.40. The van der Waals surface area contributed by atoms with Gasteiger partial charge in [0.15, 0.2) is 4.34 Å². The van der Waals surface area contributed by atoms with E-state index >= 15 is 0 Å². The molecule has 0 aliphatic rings. The third-order valence-electron chi connectivity index (χ3n) is 4.93. The third-order valence-corrected chi connectivity index (χ3v) is 6.89. The van der Waals surface area contributed by atoms with Gasteiger partial charge in [-0.15, -0.1) is 20.4 Å². The molecule has 5 rings (SSSR count). The van der Waals surface area contributed by atoms with Gasteiger partial charge >= 0.3 is 0 Å². The smallest absolute Gasteiger partial charge is 0.262 e. The maximum Gasteiger partial charge on any atom is 0.262 e. The van der Waals surface area contributed by atoms with E-state index in [0.717, 1.165) is 26.5 Å². The van der Waals surface area contributed by atoms with Crippen molar-refractivity contribution < 1.29 is 0 Å². The summed E-state index contributed by atoms with van der Waals surface area (Å²) in [6, 6.07) is 15.7. The van der Waals surface area contributed by atoms with E-state index < -0.39 is 0 Å². The SMILES string of the molecule is CCn1c(=O)c2ccccc2n2c(CSc3nnc(Nc4ccc(C)cc4)s3)nnc12. The predicted molar refractivity (Wildman–Crippen MR) is 124 cm³/mol. The summed E-state index contributed by atoms with van der Waals surface area (Å²) in [6.07, 6.45) is 0. The standard InChI is InChI=1S/C21H19N7OS2/c1-3-27-18(29)15-6-4-5-7-16(15)28-17(23-25-20(27)28)12-30-21-26-24-19(31-21)22-14-10-8-13(2)9-11-14/h4-11H,3,12H2,1-2H3,(H,22,24). The molecular weight excluding hydrogens is 430 g/mol. The zero-order valence-electron chi connectivity index (χ0n) is 16.9. The van der Waals surface area contributed by atoms with Gasteiger partial charge in [0.05, 0.1) is 16.7 Å². The predicted octanol–water partition coefficient (Wildman–Crippen LogP) is 4.26. The molecule has 1 N–H and O–H groups in total. The number of thioether (sulfide) groups is 1. The Balaban J connectivity index is 1.42. The van der Waals surface area contributed by atoms with Crippen LogP contribution in [0.4, 0.5) is 10.8 Å². The highest BCUT2D eigenvalue weighted by atomic mass is 32.2. The summed E-state index contributed by atoms with van der Waals surface area (Å²) >= 11 is 3.04. The molecule has 8 nitrogen and oxygen atoms in total. The molecule has 3 aromatic heterocycles. The monoisotopic (exact) mass is 449 g/mol. The van der Waals surface area contributed by atoms with Crippen LogP contribution >= 0.6 is 23.1 Å². The second-order valence-corrected chi connectivity index (χ2v) is 9.17. The molecule has 0 atom stereocenters. The van der Waals surface area contributed by atoms with Crippen LogP contribution in [-0.4, -0.2) is 29.4 Å². The van der Waals surface area contributed by atoms with Gasteiger partial charge in [-0.2, -0.15) is 0 Å². The zero-order chi connectivity index (χ0) is 21.4. The van der Waals surface area contributed by atoms with Gasteiger partial charge in [0.25, 0.3) is 5.56 Å². The van der Waals surface area contributed by atoms with Crippen molar-refractivity contribution in [1.82, 2.24) is 29.4 Å². The second-order valence-electron chi connectivity index (χ2n) is 6.97. The van der Waals surface area contributed by atoms with Gasteiger partial charge in [-0.1, -0.05) is 52.9 Å². The van der Waals surface area contributed by atoms with Crippen molar-refractivity contribution >= 4 is 50.6 Å². The normalized spacial score (nSPS) is 11.4. The lowest BCUT2D eigenvalue weighted by molar-refractivity contribution is 0.735. The molecule has 3 heterocycles. The van der Waals surface area contributed by atoms with Crippen molar-refractivity contribution in [3.05, 3.63) is 70.3 Å². The Morgan fingerprint density at radius 3 is 2.65 bits per heavy atom. The number of hydrogen-bond acceptors (Lipinski definition) is 8. The Labute approximate surface area is 186 Å². The lowest BCUT2D eigenvalue weighted by Crippen LogP contribution is -2.22. The molecule has 0 saturated heterocycles. The molecule has 5 aromatic rings. The molecule has 31 heavy (non-hydrogen) atoms. The Bertz CT molecular complexity index is 1440. The van der Waals surface area contributed by atoms with Gasteiger partial charge in [-0.05, 0) is 38.1 Å². The van der Waals surface area contributed by atoms with E-state index in [9.17, 15) is 4.79 Å². The van der Waals surface area contributed by atoms with Gasteiger partial charge in [-0.3, -0.25) is 13.8 Å². The zero-order valence-corrected chi connectivity index (χ0v) is 18.6. The molecule has 156 valence electrons. The summed E-state index contributed by atoms with van der Waals surface area (Å²) < 4.78 is 4.44. The summed E-state index contributed by atoms with van der Waals surface area (Å²) in [6.45, 7) is 4.52. The Morgan fingerprint density at radius 2 is 1.84 bits per heavy atom. The molecule has 2 aromatic carbocycles. The van der Waals surface area contributed by atoms with Gasteiger partial charge in [0.1, 0.15) is 5.82 Å². The number of para-hydroxylation sites is 1. The van der Waals surface area contributed by atoms with Crippen LogP contribution in [0.5, 0.6) is 0 Å². The molecule has 0 unspecified atom stereocenters. The van der Waals surface area contributed by atoms with Crippen molar-refractivity contribution in [3.63, 3.8) is 0 Å². The molecule has 0 saturated carbocycles. The summed E-state index contributed by atoms with van der Waals surface area (Å²) in [5, 5.41) is 21.8. The summed E-state index contributed by atoms with van der Waals surface area (Å²) in [4.78, 5) is 12.8. The highest BCUT2D eigenvalue weighted by Gasteiger charge is 2.16. The van der Waals surface area contributed by atoms with Crippen molar-refractivity contribution in [3.8, 4) is 0 Å². The number of benzene rings is 2. The average Bonchev–Trinajstić information content (AvgIpc) is 3.41. The first-order chi connectivity index (χ1) is 15.1. The molecule has 10 heteroatoms. The minimum absolute atomic E-state index is 0.0480. The van der Waals surface area contributed by atoms with Crippen LogP contribution in [-0.2, 0) is 12.3 Å². The number of nitrogens with one attached hydrogen (secondary N) is 1. The number of aromatic nitrogens is 6. The second kappa shape index (κ2) is 8.12. The maximum atomic E-state index is 12.8. The van der Waals surface area contributed by atoms with Crippen LogP contribution < -0.4 is 10.9 Å². The highest BCUT2D eigenvalue weighted by Crippen LogP contribution is 2.30. The molecule has 0 spiro atoms. The van der Waals surface area contributed by atoms with E-state index in [1.54, 1.807) is 16.3 Å². The molecule has 0 fully saturated rings. The fourth-order valence-corrected chi connectivity index (χ4v) is 5.08. The van der Waals surface area contributed by atoms with Gasteiger partial charge < -0.3 is 5.32 Å². The van der Waals surface area contributed by atoms with E-state index in [-0.39, 0.29) is 5.56 Å². The minimum Gasteiger partial charge on any atom is -0.330 e. The first kappa shape index (κ1) is 19.7. The maximum absolute atomic E-state index is 12.8. The van der Waals surface area contributed by atoms with E-state index in [2.05, 4.69) is 44.8 Å². The first-order valence-corrected chi connectivity index (χ1v) is 11.6. The van der Waals surface area contributed by atoms with Crippen molar-refractivity contribution in [2.45, 2.75) is 30.5 Å². The summed E-state index contributed by atoms with van der Waals surface area (Å²) in [5.41, 5.74) is 2.95. The Hall–Kier alpha value is -3.24. The molecule has 0 bridgehead atoms. The topological polar surface area (TPSA) is 90.0 Å². The van der Waals surface area contributed by atoms with Crippen molar-refractivity contribution in [1.29, 1.82) is 0 Å². The first-order valence-electron chi connectivity index (χ1n) is 9.79. The van der Waals surface area contributed by atoms with Crippen molar-refractivity contribution in [2.75, 3.05) is 5.32 Å². The molecular formula is C21H19N7OS2. The number of rotatable bonds is 6. The van der Waals surface area contributed by atoms with Crippen LogP contribution in [0.2, 0.25) is 0 Å². The highest BCUT2D eigenvalue weighted by molar-refractivity contribution is 8.00. The Morgan fingerprint density at radius 1 is 1.03 bits per heavy atom. The summed E-state index contributed by atoms with van der Waals surface area (Å²) in [7, 11) is 0. The number of hydrogen-bond donors (Lipinski definition) is 1. The van der Waals surface area contributed by atoms with Crippen LogP contribution in [0.15, 0.2) is 57.7 Å². The van der Waals surface area contributed by atoms with Crippen LogP contribution in [0.3, 0.4) is 0 Å². The van der Waals surface area contributed by atoms with Crippen LogP contribution in [0, 0.1) is 6.92 Å². The Kier molecular flexibility index (Phi) is 5.16. The van der Waals surface area contributed by atoms with Crippen molar-refractivity contribution in [2.24, 2.45) is 0 Å². The molecule has 0 aliphatic carbocycles.